The van der Waals surface area contributed by atoms with Crippen molar-refractivity contribution in [3.8, 4) is 0 Å². The number of hydrogen-bond acceptors (Lipinski definition) is 1. The summed E-state index contributed by atoms with van der Waals surface area (Å²) in [5.41, 5.74) is 4.54. The van der Waals surface area contributed by atoms with Crippen molar-refractivity contribution in [1.29, 1.82) is 0 Å². The van der Waals surface area contributed by atoms with Gasteiger partial charge in [-0.1, -0.05) is 11.6 Å². The lowest BCUT2D eigenvalue weighted by molar-refractivity contribution is 0.902. The van der Waals surface area contributed by atoms with Gasteiger partial charge in [-0.05, 0) is 67.0 Å². The van der Waals surface area contributed by atoms with Crippen molar-refractivity contribution >= 4 is 23.4 Å². The zero-order valence-electron chi connectivity index (χ0n) is 8.98. The van der Waals surface area contributed by atoms with Gasteiger partial charge < -0.3 is 0 Å². The van der Waals surface area contributed by atoms with Crippen LogP contribution < -0.4 is 0 Å². The van der Waals surface area contributed by atoms with Crippen LogP contribution in [0.2, 0.25) is 5.02 Å². The molecule has 0 aliphatic heterocycles. The van der Waals surface area contributed by atoms with E-state index >= 15 is 0 Å². The maximum Gasteiger partial charge on any atom is 0.0444 e. The van der Waals surface area contributed by atoms with Crippen LogP contribution in [0.25, 0.3) is 0 Å². The van der Waals surface area contributed by atoms with Gasteiger partial charge in [0, 0.05) is 9.92 Å². The van der Waals surface area contributed by atoms with Gasteiger partial charge in [0.1, 0.15) is 0 Å². The highest BCUT2D eigenvalue weighted by Gasteiger charge is 2.30. The van der Waals surface area contributed by atoms with E-state index in [0.717, 1.165) is 10.9 Å². The Balaban J connectivity index is 2.19. The maximum atomic E-state index is 6.37. The van der Waals surface area contributed by atoms with Gasteiger partial charge in [-0.25, -0.2) is 0 Å². The van der Waals surface area contributed by atoms with Gasteiger partial charge in [0.2, 0.25) is 0 Å². The van der Waals surface area contributed by atoms with E-state index in [9.17, 15) is 0 Å². The van der Waals surface area contributed by atoms with E-state index in [1.807, 2.05) is 11.8 Å². The third-order valence-corrected chi connectivity index (χ3v) is 4.77. The quantitative estimate of drug-likeness (QED) is 0.687. The molecule has 2 aliphatic carbocycles. The van der Waals surface area contributed by atoms with Crippen LogP contribution in [0.1, 0.15) is 41.9 Å². The summed E-state index contributed by atoms with van der Waals surface area (Å²) < 4.78 is 0. The number of thioether (sulfide) groups is 1. The van der Waals surface area contributed by atoms with E-state index < -0.39 is 0 Å². The Labute approximate surface area is 100 Å². The van der Waals surface area contributed by atoms with Crippen molar-refractivity contribution in [3.05, 3.63) is 27.8 Å². The Morgan fingerprint density at radius 1 is 1.27 bits per heavy atom. The molecule has 0 radical (unpaired) electrons. The molecule has 0 unspecified atom stereocenters. The normalized spacial score (nSPS) is 19.3. The van der Waals surface area contributed by atoms with Gasteiger partial charge in [-0.3, -0.25) is 0 Å². The molecular formula is C13H15ClS. The second-order valence-electron chi connectivity index (χ2n) is 4.57. The standard InChI is InChI=1S/C13H15ClS/c1-15-13-10-4-2-3-9(10)12(14)7-11(13)8-5-6-8/h7-8H,2-6H2,1H3. The summed E-state index contributed by atoms with van der Waals surface area (Å²) in [7, 11) is 0. The fraction of sp³-hybridized carbons (Fsp3) is 0.538. The number of fused-ring (bicyclic) bond motifs is 1. The number of hydrogen-bond donors (Lipinski definition) is 0. The molecule has 3 rings (SSSR count). The molecule has 80 valence electrons. The first kappa shape index (κ1) is 10.0. The first-order valence-corrected chi connectivity index (χ1v) is 7.29. The second kappa shape index (κ2) is 3.71. The summed E-state index contributed by atoms with van der Waals surface area (Å²) in [6, 6.07) is 2.25. The Morgan fingerprint density at radius 3 is 2.67 bits per heavy atom. The zero-order valence-corrected chi connectivity index (χ0v) is 10.5. The Hall–Kier alpha value is -0.140. The fourth-order valence-corrected chi connectivity index (χ4v) is 3.92. The molecule has 2 aliphatic rings. The van der Waals surface area contributed by atoms with Crippen LogP contribution in [0, 0.1) is 0 Å². The van der Waals surface area contributed by atoms with Crippen LogP contribution in [0.5, 0.6) is 0 Å². The molecule has 15 heavy (non-hydrogen) atoms. The van der Waals surface area contributed by atoms with E-state index in [2.05, 4.69) is 12.3 Å². The van der Waals surface area contributed by atoms with Crippen molar-refractivity contribution < 1.29 is 0 Å². The minimum absolute atomic E-state index is 0.816. The van der Waals surface area contributed by atoms with Gasteiger partial charge in [0.15, 0.2) is 0 Å². The summed E-state index contributed by atoms with van der Waals surface area (Å²) >= 11 is 8.29. The van der Waals surface area contributed by atoms with Gasteiger partial charge in [-0.2, -0.15) is 0 Å². The predicted octanol–water partition coefficient (Wildman–Crippen LogP) is 4.43. The third kappa shape index (κ3) is 1.60. The van der Waals surface area contributed by atoms with Crippen molar-refractivity contribution in [2.75, 3.05) is 6.26 Å². The van der Waals surface area contributed by atoms with E-state index in [0.29, 0.717) is 0 Å². The SMILES string of the molecule is CSc1c(C2CC2)cc(Cl)c2c1CCC2. The van der Waals surface area contributed by atoms with Crippen LogP contribution in [-0.2, 0) is 12.8 Å². The summed E-state index contributed by atoms with van der Waals surface area (Å²) in [6.07, 6.45) is 8.65. The fourth-order valence-electron chi connectivity index (χ4n) is 2.66. The number of halogens is 1. The van der Waals surface area contributed by atoms with Crippen LogP contribution >= 0.6 is 23.4 Å². The lowest BCUT2D eigenvalue weighted by atomic mass is 10.0. The van der Waals surface area contributed by atoms with Crippen molar-refractivity contribution in [2.45, 2.75) is 42.9 Å². The highest BCUT2D eigenvalue weighted by Crippen LogP contribution is 2.48. The molecule has 0 heterocycles. The first-order valence-electron chi connectivity index (χ1n) is 5.69. The lowest BCUT2D eigenvalue weighted by Crippen LogP contribution is -1.94. The zero-order chi connectivity index (χ0) is 10.4. The Bertz CT molecular complexity index is 407. The van der Waals surface area contributed by atoms with E-state index in [1.54, 1.807) is 10.5 Å². The minimum atomic E-state index is 0.816. The molecule has 0 N–H and O–H groups in total. The molecule has 0 aromatic heterocycles. The Morgan fingerprint density at radius 2 is 2.00 bits per heavy atom. The lowest BCUT2D eigenvalue weighted by Gasteiger charge is -2.13. The van der Waals surface area contributed by atoms with Crippen molar-refractivity contribution in [1.82, 2.24) is 0 Å². The Kier molecular flexibility index (Phi) is 2.48. The van der Waals surface area contributed by atoms with Crippen molar-refractivity contribution in [3.63, 3.8) is 0 Å². The largest absolute Gasteiger partial charge is 0.129 e. The topological polar surface area (TPSA) is 0 Å². The van der Waals surface area contributed by atoms with E-state index in [1.165, 1.54) is 43.2 Å². The molecule has 1 saturated carbocycles. The van der Waals surface area contributed by atoms with Gasteiger partial charge in [0.25, 0.3) is 0 Å². The molecule has 0 nitrogen and oxygen atoms in total. The first-order chi connectivity index (χ1) is 7.31. The highest BCUT2D eigenvalue weighted by atomic mass is 35.5. The molecule has 1 aromatic carbocycles. The minimum Gasteiger partial charge on any atom is -0.129 e. The van der Waals surface area contributed by atoms with Crippen LogP contribution in [-0.4, -0.2) is 6.26 Å². The molecule has 0 atom stereocenters. The van der Waals surface area contributed by atoms with Crippen LogP contribution in [0.3, 0.4) is 0 Å². The molecule has 1 aromatic rings. The predicted molar refractivity (Wildman–Crippen MR) is 67.2 cm³/mol. The van der Waals surface area contributed by atoms with Crippen molar-refractivity contribution in [2.24, 2.45) is 0 Å². The van der Waals surface area contributed by atoms with E-state index in [-0.39, 0.29) is 0 Å². The summed E-state index contributed by atoms with van der Waals surface area (Å²) in [6.45, 7) is 0. The average Bonchev–Trinajstić information content (AvgIpc) is 2.96. The van der Waals surface area contributed by atoms with Gasteiger partial charge >= 0.3 is 0 Å². The van der Waals surface area contributed by atoms with Gasteiger partial charge in [-0.15, -0.1) is 11.8 Å². The maximum absolute atomic E-state index is 6.37. The number of rotatable bonds is 2. The second-order valence-corrected chi connectivity index (χ2v) is 5.79. The molecule has 1 fully saturated rings. The molecule has 0 bridgehead atoms. The van der Waals surface area contributed by atoms with Crippen LogP contribution in [0.4, 0.5) is 0 Å². The number of benzene rings is 1. The monoisotopic (exact) mass is 238 g/mol. The molecule has 0 spiro atoms. The summed E-state index contributed by atoms with van der Waals surface area (Å²) in [4.78, 5) is 1.55. The molecular weight excluding hydrogens is 224 g/mol. The van der Waals surface area contributed by atoms with Gasteiger partial charge in [0.05, 0.1) is 0 Å². The third-order valence-electron chi connectivity index (χ3n) is 3.55. The average molecular weight is 239 g/mol. The molecule has 2 heteroatoms. The summed E-state index contributed by atoms with van der Waals surface area (Å²) in [5.74, 6) is 0.816. The molecule has 0 saturated heterocycles. The highest BCUT2D eigenvalue weighted by molar-refractivity contribution is 7.98. The van der Waals surface area contributed by atoms with E-state index in [4.69, 9.17) is 11.6 Å². The molecule has 0 amide bonds. The smallest absolute Gasteiger partial charge is 0.0444 e. The summed E-state index contributed by atoms with van der Waals surface area (Å²) in [5, 5.41) is 1.03. The van der Waals surface area contributed by atoms with Crippen LogP contribution in [0.15, 0.2) is 11.0 Å².